The van der Waals surface area contributed by atoms with Gasteiger partial charge >= 0.3 is 0 Å². The summed E-state index contributed by atoms with van der Waals surface area (Å²) in [6.07, 6.45) is 21.5. The molecule has 0 aromatic rings. The van der Waals surface area contributed by atoms with Crippen LogP contribution in [0.25, 0.3) is 0 Å². The van der Waals surface area contributed by atoms with Crippen LogP contribution in [0.2, 0.25) is 0 Å². The molecule has 0 spiro atoms. The quantitative estimate of drug-likeness (QED) is 0.474. The molecule has 0 aliphatic heterocycles. The van der Waals surface area contributed by atoms with Gasteiger partial charge in [-0.2, -0.15) is 0 Å². The average molecular weight is 161 g/mol. The Morgan fingerprint density at radius 3 is 1.75 bits per heavy atom. The van der Waals surface area contributed by atoms with Crippen molar-refractivity contribution in [3.8, 4) is 0 Å². The summed E-state index contributed by atoms with van der Waals surface area (Å²) in [5, 5.41) is 0. The fourth-order valence-electron chi connectivity index (χ4n) is 1.18. The summed E-state index contributed by atoms with van der Waals surface area (Å²) in [6.45, 7) is 0. The highest BCUT2D eigenvalue weighted by atomic mass is 13.9. The summed E-state index contributed by atoms with van der Waals surface area (Å²) in [7, 11) is 0. The van der Waals surface area contributed by atoms with Crippen LogP contribution < -0.4 is 0 Å². The zero-order chi connectivity index (χ0) is 8.49. The van der Waals surface area contributed by atoms with Gasteiger partial charge in [-0.1, -0.05) is 36.5 Å². The second kappa shape index (κ2) is 6.90. The minimum atomic E-state index is 1.09. The molecule has 0 saturated heterocycles. The molecule has 0 saturated carbocycles. The lowest BCUT2D eigenvalue weighted by Gasteiger charge is -1.92. The molecule has 65 valence electrons. The third kappa shape index (κ3) is 4.95. The zero-order valence-corrected chi connectivity index (χ0v) is 7.58. The first-order chi connectivity index (χ1) is 6.00. The number of allylic oxidation sites excluding steroid dienone is 6. The van der Waals surface area contributed by atoms with Crippen molar-refractivity contribution in [2.75, 3.05) is 0 Å². The van der Waals surface area contributed by atoms with E-state index in [2.05, 4.69) is 42.9 Å². The molecule has 1 radical (unpaired) electrons. The first-order valence-electron chi connectivity index (χ1n) is 4.77. The fourth-order valence-corrected chi connectivity index (χ4v) is 1.18. The Labute approximate surface area is 75.7 Å². The van der Waals surface area contributed by atoms with E-state index in [1.807, 2.05) is 0 Å². The van der Waals surface area contributed by atoms with Crippen LogP contribution in [0.15, 0.2) is 36.5 Å². The Morgan fingerprint density at radius 2 is 1.00 bits per heavy atom. The summed E-state index contributed by atoms with van der Waals surface area (Å²) in [4.78, 5) is 0. The lowest BCUT2D eigenvalue weighted by molar-refractivity contribution is 1.02. The Kier molecular flexibility index (Phi) is 5.35. The molecule has 0 heterocycles. The van der Waals surface area contributed by atoms with E-state index in [9.17, 15) is 0 Å². The third-order valence-corrected chi connectivity index (χ3v) is 1.88. The molecule has 0 bridgehead atoms. The summed E-state index contributed by atoms with van der Waals surface area (Å²) in [6, 6.07) is 0. The van der Waals surface area contributed by atoms with Crippen molar-refractivity contribution >= 4 is 0 Å². The minimum Gasteiger partial charge on any atom is -0.0882 e. The van der Waals surface area contributed by atoms with Crippen LogP contribution in [-0.4, -0.2) is 0 Å². The van der Waals surface area contributed by atoms with Crippen LogP contribution in [0.5, 0.6) is 0 Å². The zero-order valence-electron chi connectivity index (χ0n) is 7.58. The van der Waals surface area contributed by atoms with Crippen LogP contribution in [0.1, 0.15) is 32.1 Å². The van der Waals surface area contributed by atoms with Crippen LogP contribution >= 0.6 is 0 Å². The van der Waals surface area contributed by atoms with E-state index in [1.165, 1.54) is 12.8 Å². The topological polar surface area (TPSA) is 0 Å². The van der Waals surface area contributed by atoms with Gasteiger partial charge in [0.15, 0.2) is 0 Å². The van der Waals surface area contributed by atoms with Crippen molar-refractivity contribution in [3.05, 3.63) is 42.9 Å². The second-order valence-corrected chi connectivity index (χ2v) is 2.99. The average Bonchev–Trinajstić information content (AvgIpc) is 2.05. The van der Waals surface area contributed by atoms with E-state index in [-0.39, 0.29) is 0 Å². The van der Waals surface area contributed by atoms with Crippen LogP contribution in [0.3, 0.4) is 0 Å². The van der Waals surface area contributed by atoms with E-state index < -0.39 is 0 Å². The number of hydrogen-bond donors (Lipinski definition) is 0. The molecule has 0 fully saturated rings. The van der Waals surface area contributed by atoms with Gasteiger partial charge in [0.1, 0.15) is 0 Å². The van der Waals surface area contributed by atoms with Crippen molar-refractivity contribution in [1.82, 2.24) is 0 Å². The predicted octanol–water partition coefficient (Wildman–Crippen LogP) is 3.82. The minimum absolute atomic E-state index is 1.09. The molecular weight excluding hydrogens is 144 g/mol. The van der Waals surface area contributed by atoms with Gasteiger partial charge in [0.05, 0.1) is 0 Å². The van der Waals surface area contributed by atoms with E-state index in [1.54, 1.807) is 0 Å². The molecule has 0 atom stereocenters. The van der Waals surface area contributed by atoms with Crippen molar-refractivity contribution in [1.29, 1.82) is 0 Å². The highest BCUT2D eigenvalue weighted by Crippen LogP contribution is 2.02. The van der Waals surface area contributed by atoms with Gasteiger partial charge in [-0.3, -0.25) is 0 Å². The van der Waals surface area contributed by atoms with E-state index in [0.717, 1.165) is 19.3 Å². The van der Waals surface area contributed by atoms with Gasteiger partial charge in [-0.25, -0.2) is 0 Å². The molecule has 1 aliphatic carbocycles. The third-order valence-electron chi connectivity index (χ3n) is 1.88. The highest BCUT2D eigenvalue weighted by Gasteiger charge is 1.83. The van der Waals surface area contributed by atoms with Crippen molar-refractivity contribution in [2.24, 2.45) is 0 Å². The molecule has 1 rings (SSSR count). The summed E-state index contributed by atoms with van der Waals surface area (Å²) >= 11 is 0. The molecule has 0 unspecified atom stereocenters. The van der Waals surface area contributed by atoms with Gasteiger partial charge < -0.3 is 0 Å². The van der Waals surface area contributed by atoms with Gasteiger partial charge in [0.25, 0.3) is 0 Å². The van der Waals surface area contributed by atoms with E-state index >= 15 is 0 Å². The fraction of sp³-hybridized carbons (Fsp3) is 0.417. The SMILES string of the molecule is [CH]1C/C=C\C/C=C/CC/C=C/C1. The Morgan fingerprint density at radius 1 is 0.500 bits per heavy atom. The van der Waals surface area contributed by atoms with Gasteiger partial charge in [0, 0.05) is 0 Å². The first-order valence-corrected chi connectivity index (χ1v) is 4.77. The molecular formula is C12H17. The lowest BCUT2D eigenvalue weighted by atomic mass is 10.1. The van der Waals surface area contributed by atoms with E-state index in [0.29, 0.717) is 0 Å². The van der Waals surface area contributed by atoms with E-state index in [4.69, 9.17) is 0 Å². The highest BCUT2D eigenvalue weighted by molar-refractivity contribution is 4.98. The molecule has 0 N–H and O–H groups in total. The smallest absolute Gasteiger partial charge is 0.0169 e. The van der Waals surface area contributed by atoms with Gasteiger partial charge in [-0.05, 0) is 38.5 Å². The molecule has 0 aromatic heterocycles. The Balaban J connectivity index is 2.30. The molecule has 0 aromatic carbocycles. The second-order valence-electron chi connectivity index (χ2n) is 2.99. The normalized spacial score (nSPS) is 28.0. The van der Waals surface area contributed by atoms with Crippen molar-refractivity contribution in [3.63, 3.8) is 0 Å². The molecule has 12 heavy (non-hydrogen) atoms. The Hall–Kier alpha value is -0.780. The van der Waals surface area contributed by atoms with Gasteiger partial charge in [0.2, 0.25) is 0 Å². The van der Waals surface area contributed by atoms with Crippen LogP contribution in [-0.2, 0) is 0 Å². The molecule has 0 amide bonds. The maximum absolute atomic E-state index is 2.30. The van der Waals surface area contributed by atoms with Gasteiger partial charge in [-0.15, -0.1) is 0 Å². The number of hydrogen-bond acceptors (Lipinski definition) is 0. The first kappa shape index (κ1) is 9.31. The molecule has 0 nitrogen and oxygen atoms in total. The molecule has 0 heteroatoms. The monoisotopic (exact) mass is 161 g/mol. The maximum atomic E-state index is 2.30. The predicted molar refractivity (Wildman–Crippen MR) is 54.8 cm³/mol. The van der Waals surface area contributed by atoms with Crippen LogP contribution in [0.4, 0.5) is 0 Å². The lowest BCUT2D eigenvalue weighted by Crippen LogP contribution is -1.73. The summed E-state index contributed by atoms with van der Waals surface area (Å²) in [5.74, 6) is 0. The van der Waals surface area contributed by atoms with Crippen molar-refractivity contribution < 1.29 is 0 Å². The van der Waals surface area contributed by atoms with Crippen LogP contribution in [0, 0.1) is 6.42 Å². The Bertz CT molecular complexity index is 172. The summed E-state index contributed by atoms with van der Waals surface area (Å²) in [5.41, 5.74) is 0. The largest absolute Gasteiger partial charge is 0.0882 e. The standard InChI is InChI=1S/C12H17/c1-2-4-6-8-10-12-11-9-7-5-3-1/h1-2,5-7,10,12H,3-4,8-9,11H2/b2-1-,7-5+,12-10+. The number of rotatable bonds is 0. The van der Waals surface area contributed by atoms with Crippen molar-refractivity contribution in [2.45, 2.75) is 32.1 Å². The summed E-state index contributed by atoms with van der Waals surface area (Å²) < 4.78 is 0. The maximum Gasteiger partial charge on any atom is -0.0169 e. The molecule has 1 aliphatic rings.